The molecular weight excluding hydrogens is 280 g/mol. The van der Waals surface area contributed by atoms with E-state index in [0.29, 0.717) is 17.8 Å². The van der Waals surface area contributed by atoms with Gasteiger partial charge in [0.25, 0.3) is 0 Å². The van der Waals surface area contributed by atoms with Crippen LogP contribution in [0.5, 0.6) is 0 Å². The molecule has 0 amide bonds. The summed E-state index contributed by atoms with van der Waals surface area (Å²) in [6.45, 7) is 3.75. The zero-order chi connectivity index (χ0) is 15.4. The van der Waals surface area contributed by atoms with Gasteiger partial charge in [0.2, 0.25) is 0 Å². The molecule has 7 heteroatoms. The highest BCUT2D eigenvalue weighted by Crippen LogP contribution is 2.28. The van der Waals surface area contributed by atoms with Crippen LogP contribution >= 0.6 is 0 Å². The largest absolute Gasteiger partial charge is 0.390 e. The topological polar surface area (TPSA) is 80.8 Å². The van der Waals surface area contributed by atoms with E-state index >= 15 is 0 Å². The minimum atomic E-state index is -0.0551. The maximum absolute atomic E-state index is 9.16. The molecule has 0 unspecified atom stereocenters. The Morgan fingerprint density at radius 1 is 1.36 bits per heavy atom. The molecule has 0 saturated heterocycles. The van der Waals surface area contributed by atoms with Crippen molar-refractivity contribution >= 4 is 0 Å². The van der Waals surface area contributed by atoms with Gasteiger partial charge in [-0.15, -0.1) is 5.10 Å². The van der Waals surface area contributed by atoms with E-state index in [4.69, 9.17) is 5.11 Å². The molecule has 3 rings (SSSR count). The van der Waals surface area contributed by atoms with E-state index in [2.05, 4.69) is 33.7 Å². The summed E-state index contributed by atoms with van der Waals surface area (Å²) in [6.07, 6.45) is 8.40. The number of aryl methyl sites for hydroxylation is 1. The average molecular weight is 304 g/mol. The van der Waals surface area contributed by atoms with Crippen LogP contribution in [0.4, 0.5) is 0 Å². The van der Waals surface area contributed by atoms with Gasteiger partial charge < -0.3 is 10.4 Å². The summed E-state index contributed by atoms with van der Waals surface area (Å²) in [5, 5.41) is 25.3. The number of aliphatic hydroxyl groups is 1. The number of aliphatic hydroxyl groups excluding tert-OH is 1. The lowest BCUT2D eigenvalue weighted by Gasteiger charge is -2.32. The molecule has 7 nitrogen and oxygen atoms in total. The average Bonchev–Trinajstić information content (AvgIpc) is 3.21. The lowest BCUT2D eigenvalue weighted by atomic mass is 9.90. The maximum Gasteiger partial charge on any atom is 0.108 e. The monoisotopic (exact) mass is 304 g/mol. The Hall–Kier alpha value is -1.73. The Morgan fingerprint density at radius 3 is 3.00 bits per heavy atom. The van der Waals surface area contributed by atoms with Gasteiger partial charge in [0, 0.05) is 25.3 Å². The predicted molar refractivity (Wildman–Crippen MR) is 82.0 cm³/mol. The Labute approximate surface area is 130 Å². The molecular formula is C15H24N6O. The van der Waals surface area contributed by atoms with Crippen molar-refractivity contribution in [2.45, 2.75) is 64.4 Å². The van der Waals surface area contributed by atoms with Gasteiger partial charge >= 0.3 is 0 Å². The smallest absolute Gasteiger partial charge is 0.108 e. The third-order valence-corrected chi connectivity index (χ3v) is 4.44. The molecule has 1 aliphatic carbocycles. The van der Waals surface area contributed by atoms with Gasteiger partial charge in [-0.1, -0.05) is 18.1 Å². The fourth-order valence-electron chi connectivity index (χ4n) is 3.24. The highest BCUT2D eigenvalue weighted by molar-refractivity contribution is 5.01. The van der Waals surface area contributed by atoms with Crippen LogP contribution in [0.25, 0.3) is 0 Å². The van der Waals surface area contributed by atoms with Crippen LogP contribution in [0, 0.1) is 0 Å². The van der Waals surface area contributed by atoms with Gasteiger partial charge in [-0.25, -0.2) is 4.68 Å². The van der Waals surface area contributed by atoms with E-state index in [9.17, 15) is 0 Å². The Bertz CT molecular complexity index is 592. The summed E-state index contributed by atoms with van der Waals surface area (Å²) >= 11 is 0. The standard InChI is InChI=1S/C15H24N6O/c1-2-20-13(7-8-17-20)9-16-14-5-3-4-6-15(14)21-10-12(11-22)18-19-21/h7-8,10,14-16,22H,2-6,9,11H2,1H3/t14-,15+/m0/s1. The molecule has 0 radical (unpaired) electrons. The molecule has 0 bridgehead atoms. The second kappa shape index (κ2) is 7.02. The summed E-state index contributed by atoms with van der Waals surface area (Å²) in [6, 6.07) is 2.75. The highest BCUT2D eigenvalue weighted by atomic mass is 16.3. The molecule has 120 valence electrons. The normalized spacial score (nSPS) is 22.1. The van der Waals surface area contributed by atoms with Crippen molar-refractivity contribution in [3.05, 3.63) is 29.8 Å². The zero-order valence-corrected chi connectivity index (χ0v) is 13.0. The minimum Gasteiger partial charge on any atom is -0.390 e. The first-order valence-corrected chi connectivity index (χ1v) is 8.07. The van der Waals surface area contributed by atoms with Crippen LogP contribution in [0.2, 0.25) is 0 Å². The number of rotatable bonds is 6. The van der Waals surface area contributed by atoms with Crippen LogP contribution in [0.3, 0.4) is 0 Å². The van der Waals surface area contributed by atoms with Gasteiger partial charge in [0.1, 0.15) is 5.69 Å². The van der Waals surface area contributed by atoms with Crippen molar-refractivity contribution < 1.29 is 5.11 Å². The van der Waals surface area contributed by atoms with Crippen molar-refractivity contribution in [3.63, 3.8) is 0 Å². The fraction of sp³-hybridized carbons (Fsp3) is 0.667. The van der Waals surface area contributed by atoms with E-state index in [1.54, 1.807) is 0 Å². The van der Waals surface area contributed by atoms with Gasteiger partial charge in [-0.2, -0.15) is 5.10 Å². The van der Waals surface area contributed by atoms with Gasteiger partial charge in [-0.05, 0) is 25.8 Å². The van der Waals surface area contributed by atoms with E-state index < -0.39 is 0 Å². The third-order valence-electron chi connectivity index (χ3n) is 4.44. The first kappa shape index (κ1) is 15.2. The number of nitrogens with zero attached hydrogens (tertiary/aromatic N) is 5. The summed E-state index contributed by atoms with van der Waals surface area (Å²) < 4.78 is 3.93. The molecule has 1 aliphatic rings. The number of hydrogen-bond acceptors (Lipinski definition) is 5. The number of nitrogens with one attached hydrogen (secondary N) is 1. The molecule has 1 fully saturated rings. The first-order valence-electron chi connectivity index (χ1n) is 8.07. The van der Waals surface area contributed by atoms with E-state index in [0.717, 1.165) is 25.9 Å². The van der Waals surface area contributed by atoms with E-state index in [1.165, 1.54) is 18.5 Å². The molecule has 0 aromatic carbocycles. The Kier molecular flexibility index (Phi) is 4.84. The number of aromatic nitrogens is 5. The van der Waals surface area contributed by atoms with Crippen LogP contribution in [0.1, 0.15) is 50.0 Å². The van der Waals surface area contributed by atoms with E-state index in [1.807, 2.05) is 21.8 Å². The molecule has 2 N–H and O–H groups in total. The fourth-order valence-corrected chi connectivity index (χ4v) is 3.24. The van der Waals surface area contributed by atoms with Crippen molar-refractivity contribution in [2.24, 2.45) is 0 Å². The minimum absolute atomic E-state index is 0.0551. The maximum atomic E-state index is 9.16. The SMILES string of the molecule is CCn1nccc1CN[C@H]1CCCC[C@H]1n1cc(CO)nn1. The molecule has 2 aromatic heterocycles. The molecule has 0 aliphatic heterocycles. The second-order valence-electron chi connectivity index (χ2n) is 5.83. The predicted octanol–water partition coefficient (Wildman–Crippen LogP) is 1.26. The van der Waals surface area contributed by atoms with Gasteiger partial charge in [-0.3, -0.25) is 4.68 Å². The Morgan fingerprint density at radius 2 is 2.23 bits per heavy atom. The van der Waals surface area contributed by atoms with Crippen LogP contribution in [-0.4, -0.2) is 35.9 Å². The van der Waals surface area contributed by atoms with Crippen molar-refractivity contribution in [1.82, 2.24) is 30.1 Å². The number of hydrogen-bond donors (Lipinski definition) is 2. The summed E-state index contributed by atoms with van der Waals surface area (Å²) in [4.78, 5) is 0. The summed E-state index contributed by atoms with van der Waals surface area (Å²) in [5.74, 6) is 0. The molecule has 2 aromatic rings. The Balaban J connectivity index is 1.67. The zero-order valence-electron chi connectivity index (χ0n) is 13.0. The van der Waals surface area contributed by atoms with Crippen molar-refractivity contribution in [2.75, 3.05) is 0 Å². The summed E-state index contributed by atoms with van der Waals surface area (Å²) in [5.41, 5.74) is 1.84. The molecule has 2 heterocycles. The lowest BCUT2D eigenvalue weighted by molar-refractivity contribution is 0.241. The second-order valence-corrected chi connectivity index (χ2v) is 5.83. The lowest BCUT2D eigenvalue weighted by Crippen LogP contribution is -2.40. The highest BCUT2D eigenvalue weighted by Gasteiger charge is 2.27. The quantitative estimate of drug-likeness (QED) is 0.840. The molecule has 1 saturated carbocycles. The third kappa shape index (κ3) is 3.20. The summed E-state index contributed by atoms with van der Waals surface area (Å²) in [7, 11) is 0. The first-order chi connectivity index (χ1) is 10.8. The van der Waals surface area contributed by atoms with Gasteiger partial charge in [0.05, 0.1) is 24.5 Å². The van der Waals surface area contributed by atoms with E-state index in [-0.39, 0.29) is 6.61 Å². The van der Waals surface area contributed by atoms with Crippen molar-refractivity contribution in [3.8, 4) is 0 Å². The molecule has 0 spiro atoms. The van der Waals surface area contributed by atoms with Crippen molar-refractivity contribution in [1.29, 1.82) is 0 Å². The van der Waals surface area contributed by atoms with Crippen LogP contribution in [0.15, 0.2) is 18.5 Å². The van der Waals surface area contributed by atoms with Crippen LogP contribution in [-0.2, 0) is 19.7 Å². The van der Waals surface area contributed by atoms with Crippen LogP contribution < -0.4 is 5.32 Å². The molecule has 22 heavy (non-hydrogen) atoms. The molecule has 2 atom stereocenters. The van der Waals surface area contributed by atoms with Gasteiger partial charge in [0.15, 0.2) is 0 Å².